The van der Waals surface area contributed by atoms with Crippen LogP contribution in [0.5, 0.6) is 0 Å². The smallest absolute Gasteiger partial charge is 0.243 e. The number of carbonyl (C=O) groups is 2. The summed E-state index contributed by atoms with van der Waals surface area (Å²) in [6.07, 6.45) is 0. The van der Waals surface area contributed by atoms with Crippen LogP contribution in [0.3, 0.4) is 0 Å². The van der Waals surface area contributed by atoms with E-state index >= 15 is 0 Å². The Bertz CT molecular complexity index is 185. The molecule has 0 heterocycles. The highest BCUT2D eigenvalue weighted by molar-refractivity contribution is 7.99. The number of amides is 2. The Labute approximate surface area is 82.8 Å². The number of carbonyl (C=O) groups excluding carboxylic acids is 2. The van der Waals surface area contributed by atoms with Crippen LogP contribution >= 0.6 is 11.8 Å². The van der Waals surface area contributed by atoms with Gasteiger partial charge in [-0.3, -0.25) is 9.59 Å². The molecule has 0 bridgehead atoms. The Morgan fingerprint density at radius 3 is 2.46 bits per heavy atom. The molecule has 0 aliphatic carbocycles. The lowest BCUT2D eigenvalue weighted by molar-refractivity contribution is -0.127. The third-order valence-corrected chi connectivity index (χ3v) is 2.41. The van der Waals surface area contributed by atoms with Gasteiger partial charge in [-0.25, -0.2) is 0 Å². The summed E-state index contributed by atoms with van der Waals surface area (Å²) in [5.41, 5.74) is 0. The van der Waals surface area contributed by atoms with E-state index in [1.807, 2.05) is 6.92 Å². The fourth-order valence-corrected chi connectivity index (χ4v) is 1.54. The molecular weight excluding hydrogens is 188 g/mol. The van der Waals surface area contributed by atoms with E-state index in [-0.39, 0.29) is 11.8 Å². The Balaban J connectivity index is 4.02. The molecule has 4 nitrogen and oxygen atoms in total. The number of likely N-dealkylation sites (N-methyl/N-ethyl adjacent to an activating group) is 1. The van der Waals surface area contributed by atoms with E-state index in [0.717, 1.165) is 5.75 Å². The maximum absolute atomic E-state index is 11.2. The topological polar surface area (TPSA) is 58.2 Å². The molecule has 0 fully saturated rings. The van der Waals surface area contributed by atoms with Crippen LogP contribution in [0, 0.1) is 0 Å². The van der Waals surface area contributed by atoms with Crippen molar-refractivity contribution in [1.29, 1.82) is 0 Å². The molecule has 0 aliphatic rings. The lowest BCUT2D eigenvalue weighted by Crippen LogP contribution is -2.46. The molecule has 1 unspecified atom stereocenters. The number of hydrogen-bond donors (Lipinski definition) is 2. The van der Waals surface area contributed by atoms with Gasteiger partial charge in [0.2, 0.25) is 11.8 Å². The molecule has 0 aliphatic heterocycles. The fraction of sp³-hybridized carbons (Fsp3) is 0.750. The van der Waals surface area contributed by atoms with Crippen LogP contribution in [0.2, 0.25) is 0 Å². The van der Waals surface area contributed by atoms with Crippen molar-refractivity contribution in [2.45, 2.75) is 19.9 Å². The maximum atomic E-state index is 11.2. The summed E-state index contributed by atoms with van der Waals surface area (Å²) < 4.78 is 0. The molecule has 76 valence electrons. The van der Waals surface area contributed by atoms with Gasteiger partial charge >= 0.3 is 0 Å². The van der Waals surface area contributed by atoms with E-state index in [4.69, 9.17) is 0 Å². The molecule has 5 heteroatoms. The second-order valence-electron chi connectivity index (χ2n) is 2.53. The largest absolute Gasteiger partial charge is 0.357 e. The first-order valence-corrected chi connectivity index (χ1v) is 5.33. The summed E-state index contributed by atoms with van der Waals surface area (Å²) in [4.78, 5) is 22.0. The number of thioether (sulfide) groups is 1. The van der Waals surface area contributed by atoms with E-state index in [1.54, 1.807) is 18.8 Å². The van der Waals surface area contributed by atoms with Gasteiger partial charge in [0, 0.05) is 19.7 Å². The van der Waals surface area contributed by atoms with Gasteiger partial charge in [0.1, 0.15) is 6.04 Å². The van der Waals surface area contributed by atoms with Crippen molar-refractivity contribution in [3.8, 4) is 0 Å². The van der Waals surface area contributed by atoms with Gasteiger partial charge < -0.3 is 10.6 Å². The van der Waals surface area contributed by atoms with Gasteiger partial charge in [-0.15, -0.1) is 0 Å². The summed E-state index contributed by atoms with van der Waals surface area (Å²) in [6.45, 7) is 3.42. The summed E-state index contributed by atoms with van der Waals surface area (Å²) in [7, 11) is 1.56. The zero-order valence-electron chi connectivity index (χ0n) is 8.22. The predicted octanol–water partition coefficient (Wildman–Crippen LogP) is -0.00980. The minimum Gasteiger partial charge on any atom is -0.357 e. The van der Waals surface area contributed by atoms with E-state index < -0.39 is 6.04 Å². The molecule has 2 amide bonds. The third-order valence-electron chi connectivity index (χ3n) is 1.43. The van der Waals surface area contributed by atoms with Crippen LogP contribution in [0.4, 0.5) is 0 Å². The van der Waals surface area contributed by atoms with Crippen molar-refractivity contribution in [1.82, 2.24) is 10.6 Å². The molecule has 0 radical (unpaired) electrons. The lowest BCUT2D eigenvalue weighted by Gasteiger charge is -2.15. The van der Waals surface area contributed by atoms with Crippen LogP contribution in [-0.4, -0.2) is 36.4 Å². The van der Waals surface area contributed by atoms with Crippen LogP contribution in [0.15, 0.2) is 0 Å². The van der Waals surface area contributed by atoms with Gasteiger partial charge in [-0.05, 0) is 5.75 Å². The summed E-state index contributed by atoms with van der Waals surface area (Å²) in [5, 5.41) is 5.11. The highest BCUT2D eigenvalue weighted by Gasteiger charge is 2.16. The zero-order valence-corrected chi connectivity index (χ0v) is 9.03. The molecule has 0 saturated carbocycles. The minimum absolute atomic E-state index is 0.142. The molecule has 0 spiro atoms. The minimum atomic E-state index is -0.410. The Morgan fingerprint density at radius 2 is 2.08 bits per heavy atom. The summed E-state index contributed by atoms with van der Waals surface area (Å²) in [5.74, 6) is 1.24. The van der Waals surface area contributed by atoms with Gasteiger partial charge in [-0.1, -0.05) is 6.92 Å². The molecule has 0 aromatic carbocycles. The predicted molar refractivity (Wildman–Crippen MR) is 54.7 cm³/mol. The van der Waals surface area contributed by atoms with Crippen molar-refractivity contribution in [2.24, 2.45) is 0 Å². The SMILES string of the molecule is CCSCC(NC(C)=O)C(=O)NC. The van der Waals surface area contributed by atoms with Crippen molar-refractivity contribution in [3.05, 3.63) is 0 Å². The van der Waals surface area contributed by atoms with Crippen LogP contribution in [0.1, 0.15) is 13.8 Å². The number of rotatable bonds is 5. The zero-order chi connectivity index (χ0) is 10.3. The first kappa shape index (κ1) is 12.3. The van der Waals surface area contributed by atoms with Crippen molar-refractivity contribution in [2.75, 3.05) is 18.6 Å². The molecule has 0 saturated heterocycles. The van der Waals surface area contributed by atoms with E-state index in [9.17, 15) is 9.59 Å². The third kappa shape index (κ3) is 5.52. The van der Waals surface area contributed by atoms with Gasteiger partial charge in [0.25, 0.3) is 0 Å². The number of hydrogen-bond acceptors (Lipinski definition) is 3. The maximum Gasteiger partial charge on any atom is 0.243 e. The summed E-state index contributed by atoms with van der Waals surface area (Å²) in [6, 6.07) is -0.410. The second kappa shape index (κ2) is 6.77. The molecule has 1 atom stereocenters. The summed E-state index contributed by atoms with van der Waals surface area (Å²) >= 11 is 1.63. The highest BCUT2D eigenvalue weighted by atomic mass is 32.2. The molecule has 0 aromatic heterocycles. The van der Waals surface area contributed by atoms with E-state index in [2.05, 4.69) is 10.6 Å². The molecule has 2 N–H and O–H groups in total. The monoisotopic (exact) mass is 204 g/mol. The molecule has 13 heavy (non-hydrogen) atoms. The molecule has 0 aromatic rings. The highest BCUT2D eigenvalue weighted by Crippen LogP contribution is 2.01. The second-order valence-corrected chi connectivity index (χ2v) is 3.85. The Hall–Kier alpha value is -0.710. The first-order chi connectivity index (χ1) is 6.11. The van der Waals surface area contributed by atoms with Gasteiger partial charge in [0.15, 0.2) is 0 Å². The number of nitrogens with one attached hydrogen (secondary N) is 2. The average Bonchev–Trinajstić information content (AvgIpc) is 2.10. The first-order valence-electron chi connectivity index (χ1n) is 4.18. The Kier molecular flexibility index (Phi) is 6.40. The van der Waals surface area contributed by atoms with E-state index in [1.165, 1.54) is 6.92 Å². The van der Waals surface area contributed by atoms with E-state index in [0.29, 0.717) is 5.75 Å². The molecule has 0 rings (SSSR count). The van der Waals surface area contributed by atoms with Gasteiger partial charge in [0.05, 0.1) is 0 Å². The Morgan fingerprint density at radius 1 is 1.46 bits per heavy atom. The quantitative estimate of drug-likeness (QED) is 0.662. The van der Waals surface area contributed by atoms with Gasteiger partial charge in [-0.2, -0.15) is 11.8 Å². The van der Waals surface area contributed by atoms with Crippen LogP contribution in [0.25, 0.3) is 0 Å². The standard InChI is InChI=1S/C8H16N2O2S/c1-4-13-5-7(8(12)9-3)10-6(2)11/h7H,4-5H2,1-3H3,(H,9,12)(H,10,11). The van der Waals surface area contributed by atoms with Crippen LogP contribution in [-0.2, 0) is 9.59 Å². The lowest BCUT2D eigenvalue weighted by atomic mass is 10.3. The van der Waals surface area contributed by atoms with Crippen LogP contribution < -0.4 is 10.6 Å². The van der Waals surface area contributed by atoms with Crippen molar-refractivity contribution >= 4 is 23.6 Å². The van der Waals surface area contributed by atoms with Crippen molar-refractivity contribution in [3.63, 3.8) is 0 Å². The fourth-order valence-electron chi connectivity index (χ4n) is 0.838. The average molecular weight is 204 g/mol. The van der Waals surface area contributed by atoms with Crippen molar-refractivity contribution < 1.29 is 9.59 Å². The molecular formula is C8H16N2O2S. The normalized spacial score (nSPS) is 11.9.